The number of urea groups is 1. The highest BCUT2D eigenvalue weighted by Gasteiger charge is 1.98. The van der Waals surface area contributed by atoms with Crippen LogP contribution in [0.2, 0.25) is 5.02 Å². The lowest BCUT2D eigenvalue weighted by atomic mass is 10.1. The molecule has 2 aromatic rings. The smallest absolute Gasteiger partial charge is 0.318 e. The summed E-state index contributed by atoms with van der Waals surface area (Å²) >= 11 is 5.79. The SMILES string of the molecule is O=C(N/C=C/c1ccc(Cl)cc1)NCCc1ccc(F)cc1. The highest BCUT2D eigenvalue weighted by Crippen LogP contribution is 2.10. The maximum atomic E-state index is 12.7. The fourth-order valence-corrected chi connectivity index (χ4v) is 1.94. The number of hydrogen-bond acceptors (Lipinski definition) is 1. The summed E-state index contributed by atoms with van der Waals surface area (Å²) in [6.07, 6.45) is 3.99. The van der Waals surface area contributed by atoms with Crippen LogP contribution in [-0.4, -0.2) is 12.6 Å². The first-order valence-electron chi connectivity index (χ1n) is 6.84. The molecule has 5 heteroatoms. The highest BCUT2D eigenvalue weighted by atomic mass is 35.5. The molecule has 0 aliphatic rings. The Morgan fingerprint density at radius 1 is 1.09 bits per heavy atom. The van der Waals surface area contributed by atoms with E-state index in [0.29, 0.717) is 18.0 Å². The van der Waals surface area contributed by atoms with Gasteiger partial charge in [0.2, 0.25) is 0 Å². The van der Waals surface area contributed by atoms with Crippen molar-refractivity contribution in [3.8, 4) is 0 Å². The number of carbonyl (C=O) groups excluding carboxylic acids is 1. The van der Waals surface area contributed by atoms with Crippen molar-refractivity contribution in [3.63, 3.8) is 0 Å². The molecule has 2 amide bonds. The minimum absolute atomic E-state index is 0.262. The summed E-state index contributed by atoms with van der Waals surface area (Å²) in [6.45, 7) is 0.478. The molecular formula is C17H16ClFN2O. The van der Waals surface area contributed by atoms with Crippen LogP contribution in [0.5, 0.6) is 0 Å². The topological polar surface area (TPSA) is 41.1 Å². The molecular weight excluding hydrogens is 303 g/mol. The average molecular weight is 319 g/mol. The lowest BCUT2D eigenvalue weighted by Gasteiger charge is -2.05. The molecule has 0 radical (unpaired) electrons. The van der Waals surface area contributed by atoms with Gasteiger partial charge in [-0.15, -0.1) is 0 Å². The maximum absolute atomic E-state index is 12.7. The van der Waals surface area contributed by atoms with Gasteiger partial charge in [-0.2, -0.15) is 0 Å². The van der Waals surface area contributed by atoms with Crippen molar-refractivity contribution < 1.29 is 9.18 Å². The summed E-state index contributed by atoms with van der Waals surface area (Å²) in [5.41, 5.74) is 1.91. The number of carbonyl (C=O) groups is 1. The monoisotopic (exact) mass is 318 g/mol. The Labute approximate surface area is 133 Å². The van der Waals surface area contributed by atoms with E-state index in [1.54, 1.807) is 36.5 Å². The Morgan fingerprint density at radius 2 is 1.77 bits per heavy atom. The van der Waals surface area contributed by atoms with Crippen LogP contribution in [0.15, 0.2) is 54.7 Å². The summed E-state index contributed by atoms with van der Waals surface area (Å²) < 4.78 is 12.7. The maximum Gasteiger partial charge on any atom is 0.318 e. The quantitative estimate of drug-likeness (QED) is 0.860. The van der Waals surface area contributed by atoms with E-state index in [9.17, 15) is 9.18 Å². The van der Waals surface area contributed by atoms with E-state index in [1.165, 1.54) is 12.1 Å². The van der Waals surface area contributed by atoms with Gasteiger partial charge in [0.1, 0.15) is 5.82 Å². The van der Waals surface area contributed by atoms with E-state index in [1.807, 2.05) is 12.1 Å². The fourth-order valence-electron chi connectivity index (χ4n) is 1.81. The molecule has 0 spiro atoms. The van der Waals surface area contributed by atoms with Crippen molar-refractivity contribution in [2.45, 2.75) is 6.42 Å². The fraction of sp³-hybridized carbons (Fsp3) is 0.118. The average Bonchev–Trinajstić information content (AvgIpc) is 2.51. The van der Waals surface area contributed by atoms with Crippen LogP contribution in [0, 0.1) is 5.82 Å². The number of halogens is 2. The van der Waals surface area contributed by atoms with Gasteiger partial charge in [-0.1, -0.05) is 35.9 Å². The first kappa shape index (κ1) is 16.0. The minimum atomic E-state index is -0.285. The van der Waals surface area contributed by atoms with Crippen LogP contribution in [0.25, 0.3) is 6.08 Å². The zero-order valence-electron chi connectivity index (χ0n) is 11.9. The second-order valence-electron chi connectivity index (χ2n) is 4.66. The van der Waals surface area contributed by atoms with Gasteiger partial charge < -0.3 is 10.6 Å². The van der Waals surface area contributed by atoms with Gasteiger partial charge in [0.15, 0.2) is 0 Å². The molecule has 0 aliphatic carbocycles. The van der Waals surface area contributed by atoms with Gasteiger partial charge >= 0.3 is 6.03 Å². The lowest BCUT2D eigenvalue weighted by molar-refractivity contribution is 0.244. The minimum Gasteiger partial charge on any atom is -0.338 e. The molecule has 0 saturated heterocycles. The zero-order valence-corrected chi connectivity index (χ0v) is 12.6. The predicted octanol–water partition coefficient (Wildman–Crippen LogP) is 3.99. The molecule has 0 unspecified atom stereocenters. The molecule has 0 saturated carbocycles. The largest absolute Gasteiger partial charge is 0.338 e. The molecule has 0 heterocycles. The first-order valence-corrected chi connectivity index (χ1v) is 7.22. The Morgan fingerprint density at radius 3 is 2.45 bits per heavy atom. The summed E-state index contributed by atoms with van der Waals surface area (Å²) in [6, 6.07) is 13.2. The molecule has 0 aliphatic heterocycles. The molecule has 2 rings (SSSR count). The third-order valence-corrected chi connectivity index (χ3v) is 3.22. The summed E-state index contributed by atoms with van der Waals surface area (Å²) in [5, 5.41) is 6.01. The van der Waals surface area contributed by atoms with Crippen molar-refractivity contribution in [1.82, 2.24) is 10.6 Å². The van der Waals surface area contributed by atoms with E-state index in [2.05, 4.69) is 10.6 Å². The molecule has 0 bridgehead atoms. The molecule has 0 atom stereocenters. The summed E-state index contributed by atoms with van der Waals surface area (Å²) in [7, 11) is 0. The van der Waals surface area contributed by atoms with Gasteiger partial charge in [-0.3, -0.25) is 0 Å². The van der Waals surface area contributed by atoms with E-state index < -0.39 is 0 Å². The number of nitrogens with one attached hydrogen (secondary N) is 2. The third-order valence-electron chi connectivity index (χ3n) is 2.97. The van der Waals surface area contributed by atoms with Gasteiger partial charge in [-0.05, 0) is 47.9 Å². The summed E-state index contributed by atoms with van der Waals surface area (Å²) in [5.74, 6) is -0.262. The Hall–Kier alpha value is -2.33. The highest BCUT2D eigenvalue weighted by molar-refractivity contribution is 6.30. The molecule has 2 N–H and O–H groups in total. The number of amides is 2. The van der Waals surface area contributed by atoms with E-state index in [-0.39, 0.29) is 11.8 Å². The van der Waals surface area contributed by atoms with Gasteiger partial charge in [0.05, 0.1) is 0 Å². The molecule has 0 fully saturated rings. The molecule has 2 aromatic carbocycles. The van der Waals surface area contributed by atoms with Crippen LogP contribution >= 0.6 is 11.6 Å². The van der Waals surface area contributed by atoms with E-state index >= 15 is 0 Å². The lowest BCUT2D eigenvalue weighted by Crippen LogP contribution is -2.33. The molecule has 3 nitrogen and oxygen atoms in total. The van der Waals surface area contributed by atoms with Crippen LogP contribution in [0.3, 0.4) is 0 Å². The van der Waals surface area contributed by atoms with Crippen molar-refractivity contribution in [3.05, 3.63) is 76.7 Å². The van der Waals surface area contributed by atoms with Crippen LogP contribution < -0.4 is 10.6 Å². The predicted molar refractivity (Wildman–Crippen MR) is 87.1 cm³/mol. The second kappa shape index (κ2) is 8.20. The number of rotatable bonds is 5. The third kappa shape index (κ3) is 5.58. The van der Waals surface area contributed by atoms with E-state index in [4.69, 9.17) is 11.6 Å². The summed E-state index contributed by atoms with van der Waals surface area (Å²) in [4.78, 5) is 11.6. The normalized spacial score (nSPS) is 10.6. The zero-order chi connectivity index (χ0) is 15.8. The molecule has 22 heavy (non-hydrogen) atoms. The van der Waals surface area contributed by atoms with Crippen LogP contribution in [-0.2, 0) is 6.42 Å². The van der Waals surface area contributed by atoms with E-state index in [0.717, 1.165) is 11.1 Å². The van der Waals surface area contributed by atoms with Gasteiger partial charge in [-0.25, -0.2) is 9.18 Å². The van der Waals surface area contributed by atoms with Crippen LogP contribution in [0.1, 0.15) is 11.1 Å². The van der Waals surface area contributed by atoms with Gasteiger partial charge in [0.25, 0.3) is 0 Å². The Balaban J connectivity index is 1.69. The number of benzene rings is 2. The molecule has 0 aromatic heterocycles. The number of hydrogen-bond donors (Lipinski definition) is 2. The Bertz CT molecular complexity index is 639. The van der Waals surface area contributed by atoms with Crippen molar-refractivity contribution in [2.24, 2.45) is 0 Å². The van der Waals surface area contributed by atoms with Crippen molar-refractivity contribution >= 4 is 23.7 Å². The van der Waals surface area contributed by atoms with Crippen molar-refractivity contribution in [2.75, 3.05) is 6.54 Å². The van der Waals surface area contributed by atoms with Crippen molar-refractivity contribution in [1.29, 1.82) is 0 Å². The second-order valence-corrected chi connectivity index (χ2v) is 5.10. The molecule has 114 valence electrons. The first-order chi connectivity index (χ1) is 10.6. The Kier molecular flexibility index (Phi) is 5.98. The van der Waals surface area contributed by atoms with Crippen LogP contribution in [0.4, 0.5) is 9.18 Å². The standard InChI is InChI=1S/C17H16ClFN2O/c18-15-5-1-13(2-6-15)9-11-20-17(22)21-12-10-14-3-7-16(19)8-4-14/h1-9,11H,10,12H2,(H2,20,21,22)/b11-9+. The van der Waals surface area contributed by atoms with Gasteiger partial charge in [0, 0.05) is 17.8 Å².